The van der Waals surface area contributed by atoms with Gasteiger partial charge in [0.25, 0.3) is 0 Å². The van der Waals surface area contributed by atoms with Gasteiger partial charge in [-0.2, -0.15) is 0 Å². The van der Waals surface area contributed by atoms with Crippen molar-refractivity contribution in [2.24, 2.45) is 5.92 Å². The molecular formula is C13H17F2NO3. The Morgan fingerprint density at radius 3 is 2.53 bits per heavy atom. The van der Waals surface area contributed by atoms with Gasteiger partial charge in [0.2, 0.25) is 0 Å². The van der Waals surface area contributed by atoms with Crippen LogP contribution in [0.25, 0.3) is 0 Å². The molecular weight excluding hydrogens is 256 g/mol. The van der Waals surface area contributed by atoms with Gasteiger partial charge in [0.05, 0.1) is 18.4 Å². The smallest absolute Gasteiger partial charge is 0.340 e. The first-order chi connectivity index (χ1) is 8.92. The molecule has 0 radical (unpaired) electrons. The maximum Gasteiger partial charge on any atom is 0.340 e. The quantitative estimate of drug-likeness (QED) is 0.807. The highest BCUT2D eigenvalue weighted by molar-refractivity contribution is 5.90. The second-order valence-corrected chi connectivity index (χ2v) is 4.37. The Kier molecular flexibility index (Phi) is 5.23. The van der Waals surface area contributed by atoms with Crippen LogP contribution in [0.5, 0.6) is 0 Å². The number of aliphatic hydroxyl groups excluding tert-OH is 1. The van der Waals surface area contributed by atoms with Gasteiger partial charge in [-0.15, -0.1) is 0 Å². The largest absolute Gasteiger partial charge is 0.465 e. The molecule has 2 atom stereocenters. The van der Waals surface area contributed by atoms with Crippen LogP contribution in [0, 0.1) is 17.6 Å². The van der Waals surface area contributed by atoms with Crippen molar-refractivity contribution in [1.82, 2.24) is 0 Å². The molecule has 0 aromatic heterocycles. The van der Waals surface area contributed by atoms with E-state index in [0.29, 0.717) is 0 Å². The highest BCUT2D eigenvalue weighted by Crippen LogP contribution is 2.23. The number of esters is 1. The summed E-state index contributed by atoms with van der Waals surface area (Å²) in [4.78, 5) is 11.2. The van der Waals surface area contributed by atoms with Crippen molar-refractivity contribution < 1.29 is 23.4 Å². The number of carbonyl (C=O) groups is 1. The minimum atomic E-state index is -1.25. The third-order valence-electron chi connectivity index (χ3n) is 3.01. The molecule has 1 aromatic carbocycles. The van der Waals surface area contributed by atoms with E-state index in [0.717, 1.165) is 13.2 Å². The predicted molar refractivity (Wildman–Crippen MR) is 67.0 cm³/mol. The first-order valence-electron chi connectivity index (χ1n) is 5.86. The van der Waals surface area contributed by atoms with E-state index in [2.05, 4.69) is 10.1 Å². The molecule has 0 saturated heterocycles. The van der Waals surface area contributed by atoms with Crippen LogP contribution in [0.3, 0.4) is 0 Å². The van der Waals surface area contributed by atoms with Gasteiger partial charge < -0.3 is 15.2 Å². The molecule has 1 rings (SSSR count). The first kappa shape index (κ1) is 15.4. The number of ether oxygens (including phenoxy) is 1. The average Bonchev–Trinajstić information content (AvgIpc) is 2.42. The molecule has 0 amide bonds. The standard InChI is InChI=1S/C13H17F2NO3/c1-7(6-17)8(2)16-10-5-4-9(13(18)19-3)11(14)12(10)15/h4-5,7-8,16-17H,6H2,1-3H3. The molecule has 0 spiro atoms. The first-order valence-corrected chi connectivity index (χ1v) is 5.86. The number of halogens is 2. The van der Waals surface area contributed by atoms with E-state index < -0.39 is 23.2 Å². The number of anilines is 1. The molecule has 0 aliphatic carbocycles. The number of methoxy groups -OCH3 is 1. The van der Waals surface area contributed by atoms with Gasteiger partial charge in [-0.25, -0.2) is 13.6 Å². The fourth-order valence-electron chi connectivity index (χ4n) is 1.47. The fourth-order valence-corrected chi connectivity index (χ4v) is 1.47. The molecule has 0 heterocycles. The summed E-state index contributed by atoms with van der Waals surface area (Å²) >= 11 is 0. The minimum absolute atomic E-state index is 0.0575. The molecule has 106 valence electrons. The van der Waals surface area contributed by atoms with E-state index in [9.17, 15) is 13.6 Å². The molecule has 6 heteroatoms. The van der Waals surface area contributed by atoms with Crippen LogP contribution in [0.4, 0.5) is 14.5 Å². The van der Waals surface area contributed by atoms with Crippen LogP contribution in [-0.4, -0.2) is 30.8 Å². The predicted octanol–water partition coefficient (Wildman–Crippen LogP) is 2.18. The second-order valence-electron chi connectivity index (χ2n) is 4.37. The number of nitrogens with one attached hydrogen (secondary N) is 1. The van der Waals surface area contributed by atoms with Gasteiger partial charge in [0, 0.05) is 12.6 Å². The molecule has 2 N–H and O–H groups in total. The lowest BCUT2D eigenvalue weighted by Crippen LogP contribution is -2.27. The van der Waals surface area contributed by atoms with Crippen LogP contribution in [0.2, 0.25) is 0 Å². The second kappa shape index (κ2) is 6.47. The van der Waals surface area contributed by atoms with Crippen molar-refractivity contribution in [3.05, 3.63) is 29.3 Å². The molecule has 19 heavy (non-hydrogen) atoms. The Bertz CT molecular complexity index is 465. The number of benzene rings is 1. The Balaban J connectivity index is 3.00. The molecule has 0 saturated carbocycles. The lowest BCUT2D eigenvalue weighted by Gasteiger charge is -2.21. The SMILES string of the molecule is COC(=O)c1ccc(NC(C)C(C)CO)c(F)c1F. The number of carbonyl (C=O) groups excluding carboxylic acids is 1. The van der Waals surface area contributed by atoms with Crippen LogP contribution in [0.1, 0.15) is 24.2 Å². The topological polar surface area (TPSA) is 58.6 Å². The van der Waals surface area contributed by atoms with Gasteiger partial charge in [-0.3, -0.25) is 0 Å². The third-order valence-corrected chi connectivity index (χ3v) is 3.01. The van der Waals surface area contributed by atoms with Gasteiger partial charge >= 0.3 is 5.97 Å². The van der Waals surface area contributed by atoms with Crippen LogP contribution >= 0.6 is 0 Å². The van der Waals surface area contributed by atoms with E-state index >= 15 is 0 Å². The lowest BCUT2D eigenvalue weighted by molar-refractivity contribution is 0.0594. The lowest BCUT2D eigenvalue weighted by atomic mass is 10.0. The van der Waals surface area contributed by atoms with Gasteiger partial charge in [-0.1, -0.05) is 6.92 Å². The molecule has 0 aliphatic rings. The zero-order chi connectivity index (χ0) is 14.6. The summed E-state index contributed by atoms with van der Waals surface area (Å²) in [5.41, 5.74) is -0.508. The van der Waals surface area contributed by atoms with Crippen molar-refractivity contribution in [1.29, 1.82) is 0 Å². The summed E-state index contributed by atoms with van der Waals surface area (Å²) in [6.45, 7) is 3.44. The van der Waals surface area contributed by atoms with Crippen molar-refractivity contribution >= 4 is 11.7 Å². The maximum atomic E-state index is 13.8. The summed E-state index contributed by atoms with van der Waals surface area (Å²) in [5, 5.41) is 11.7. The van der Waals surface area contributed by atoms with E-state index in [1.807, 2.05) is 0 Å². The van der Waals surface area contributed by atoms with Crippen LogP contribution in [0.15, 0.2) is 12.1 Å². The highest BCUT2D eigenvalue weighted by atomic mass is 19.2. The van der Waals surface area contributed by atoms with Crippen molar-refractivity contribution in [2.75, 3.05) is 19.0 Å². The molecule has 0 fully saturated rings. The average molecular weight is 273 g/mol. The zero-order valence-electron chi connectivity index (χ0n) is 11.0. The number of hydrogen-bond donors (Lipinski definition) is 2. The Labute approximate surface area is 110 Å². The summed E-state index contributed by atoms with van der Waals surface area (Å²) in [6, 6.07) is 2.18. The Hall–Kier alpha value is -1.69. The summed E-state index contributed by atoms with van der Waals surface area (Å²) in [5.74, 6) is -3.44. The van der Waals surface area contributed by atoms with Gasteiger partial charge in [0.15, 0.2) is 11.6 Å². The minimum Gasteiger partial charge on any atom is -0.465 e. The Morgan fingerprint density at radius 1 is 1.37 bits per heavy atom. The van der Waals surface area contributed by atoms with Crippen molar-refractivity contribution in [3.63, 3.8) is 0 Å². The molecule has 0 aliphatic heterocycles. The third kappa shape index (κ3) is 3.41. The van der Waals surface area contributed by atoms with Crippen molar-refractivity contribution in [2.45, 2.75) is 19.9 Å². The van der Waals surface area contributed by atoms with Crippen molar-refractivity contribution in [3.8, 4) is 0 Å². The van der Waals surface area contributed by atoms with E-state index in [-0.39, 0.29) is 24.3 Å². The van der Waals surface area contributed by atoms with E-state index in [4.69, 9.17) is 5.11 Å². The summed E-state index contributed by atoms with van der Waals surface area (Å²) in [7, 11) is 1.09. The zero-order valence-corrected chi connectivity index (χ0v) is 11.0. The number of rotatable bonds is 5. The molecule has 2 unspecified atom stereocenters. The molecule has 1 aromatic rings. The monoisotopic (exact) mass is 273 g/mol. The number of aliphatic hydroxyl groups is 1. The normalized spacial score (nSPS) is 13.8. The highest BCUT2D eigenvalue weighted by Gasteiger charge is 2.20. The van der Waals surface area contributed by atoms with Crippen LogP contribution < -0.4 is 5.32 Å². The van der Waals surface area contributed by atoms with Crippen LogP contribution in [-0.2, 0) is 4.74 Å². The summed E-state index contributed by atoms with van der Waals surface area (Å²) < 4.78 is 31.8. The van der Waals surface area contributed by atoms with E-state index in [1.165, 1.54) is 6.07 Å². The Morgan fingerprint density at radius 2 is 2.00 bits per heavy atom. The van der Waals surface area contributed by atoms with Gasteiger partial charge in [0.1, 0.15) is 0 Å². The van der Waals surface area contributed by atoms with Gasteiger partial charge in [-0.05, 0) is 25.0 Å². The summed E-state index contributed by atoms with van der Waals surface area (Å²) in [6.07, 6.45) is 0. The molecule has 0 bridgehead atoms. The maximum absolute atomic E-state index is 13.8. The molecule has 4 nitrogen and oxygen atoms in total. The fraction of sp³-hybridized carbons (Fsp3) is 0.462. The van der Waals surface area contributed by atoms with E-state index in [1.54, 1.807) is 13.8 Å². The number of hydrogen-bond acceptors (Lipinski definition) is 4.